The minimum Gasteiger partial charge on any atom is -0.478 e. The van der Waals surface area contributed by atoms with E-state index in [1.54, 1.807) is 0 Å². The highest BCUT2D eigenvalue weighted by Crippen LogP contribution is 2.27. The summed E-state index contributed by atoms with van der Waals surface area (Å²) < 4.78 is 0. The van der Waals surface area contributed by atoms with Gasteiger partial charge in [-0.05, 0) is 6.07 Å². The fraction of sp³-hybridized carbons (Fsp3) is 0. The van der Waals surface area contributed by atoms with E-state index in [4.69, 9.17) is 20.4 Å². The van der Waals surface area contributed by atoms with Crippen LogP contribution in [0.4, 0.5) is 0 Å². The van der Waals surface area contributed by atoms with Crippen LogP contribution in [0.25, 0.3) is 10.9 Å². The van der Waals surface area contributed by atoms with Crippen molar-refractivity contribution in [1.29, 1.82) is 0 Å². The molecule has 0 aliphatic heterocycles. The molecule has 0 bridgehead atoms. The lowest BCUT2D eigenvalue weighted by molar-refractivity contribution is 0.0651. The number of carbonyl (C=O) groups is 4. The van der Waals surface area contributed by atoms with Crippen LogP contribution in [0, 0.1) is 0 Å². The molecule has 2 rings (SSSR count). The number of benzene rings is 1. The number of carboxylic acid groups (broad SMARTS) is 4. The number of rotatable bonds is 4. The summed E-state index contributed by atoms with van der Waals surface area (Å²) in [5.74, 6) is -6.61. The maximum absolute atomic E-state index is 11.3. The number of hydrogen-bond donors (Lipinski definition) is 4. The first-order chi connectivity index (χ1) is 10.3. The molecule has 112 valence electrons. The van der Waals surface area contributed by atoms with Crippen LogP contribution in [0.3, 0.4) is 0 Å². The standard InChI is InChI=1S/C12H6N2O8/c15-9(16)3-1-4(10(17)18)6(11(19)20)7-5(3)8(12(21)22)14-2-13-7/h1-2H,(H,15,16)(H,17,18)(H,19,20)(H,21,22). The Morgan fingerprint density at radius 2 is 1.36 bits per heavy atom. The number of hydrogen-bond acceptors (Lipinski definition) is 6. The van der Waals surface area contributed by atoms with E-state index in [9.17, 15) is 19.2 Å². The predicted molar refractivity (Wildman–Crippen MR) is 67.4 cm³/mol. The molecule has 2 aromatic rings. The van der Waals surface area contributed by atoms with E-state index in [1.165, 1.54) is 0 Å². The van der Waals surface area contributed by atoms with Crippen molar-refractivity contribution in [2.75, 3.05) is 0 Å². The summed E-state index contributed by atoms with van der Waals surface area (Å²) in [6.07, 6.45) is 0.718. The third kappa shape index (κ3) is 2.18. The molecule has 10 heteroatoms. The topological polar surface area (TPSA) is 175 Å². The van der Waals surface area contributed by atoms with Gasteiger partial charge in [0.15, 0.2) is 5.69 Å². The summed E-state index contributed by atoms with van der Waals surface area (Å²) in [7, 11) is 0. The smallest absolute Gasteiger partial charge is 0.355 e. The number of nitrogens with zero attached hydrogens (tertiary/aromatic N) is 2. The third-order valence-electron chi connectivity index (χ3n) is 2.79. The molecule has 22 heavy (non-hydrogen) atoms. The van der Waals surface area contributed by atoms with Crippen LogP contribution in [0.5, 0.6) is 0 Å². The fourth-order valence-corrected chi connectivity index (χ4v) is 1.96. The van der Waals surface area contributed by atoms with Crippen LogP contribution in [-0.4, -0.2) is 54.3 Å². The Morgan fingerprint density at radius 3 is 1.82 bits per heavy atom. The van der Waals surface area contributed by atoms with Gasteiger partial charge in [0.1, 0.15) is 11.9 Å². The second kappa shape index (κ2) is 5.09. The minimum absolute atomic E-state index is 0.551. The minimum atomic E-state index is -1.69. The van der Waals surface area contributed by atoms with E-state index in [0.717, 1.165) is 6.33 Å². The molecule has 1 heterocycles. The maximum atomic E-state index is 11.3. The van der Waals surface area contributed by atoms with Gasteiger partial charge in [-0.25, -0.2) is 29.1 Å². The Morgan fingerprint density at radius 1 is 0.773 bits per heavy atom. The molecule has 1 aromatic heterocycles. The Hall–Kier alpha value is -3.56. The van der Waals surface area contributed by atoms with Gasteiger partial charge in [-0.15, -0.1) is 0 Å². The molecule has 0 aliphatic carbocycles. The largest absolute Gasteiger partial charge is 0.478 e. The van der Waals surface area contributed by atoms with Crippen LogP contribution < -0.4 is 0 Å². The second-order valence-electron chi connectivity index (χ2n) is 4.01. The number of aromatic carboxylic acids is 4. The van der Waals surface area contributed by atoms with Crippen molar-refractivity contribution in [3.63, 3.8) is 0 Å². The van der Waals surface area contributed by atoms with Crippen molar-refractivity contribution in [1.82, 2.24) is 9.97 Å². The molecule has 1 aromatic carbocycles. The van der Waals surface area contributed by atoms with Crippen molar-refractivity contribution >= 4 is 34.8 Å². The first kappa shape index (κ1) is 14.8. The van der Waals surface area contributed by atoms with E-state index >= 15 is 0 Å². The van der Waals surface area contributed by atoms with Crippen molar-refractivity contribution < 1.29 is 39.6 Å². The SMILES string of the molecule is O=C(O)c1cc(C(=O)O)c2c(C(=O)O)ncnc2c1C(=O)O. The van der Waals surface area contributed by atoms with Crippen molar-refractivity contribution in [3.8, 4) is 0 Å². The molecule has 0 spiro atoms. The highest BCUT2D eigenvalue weighted by atomic mass is 16.4. The van der Waals surface area contributed by atoms with Crippen molar-refractivity contribution in [2.24, 2.45) is 0 Å². The zero-order valence-electron chi connectivity index (χ0n) is 10.5. The molecule has 0 amide bonds. The quantitative estimate of drug-likeness (QED) is 0.619. The van der Waals surface area contributed by atoms with Gasteiger partial charge >= 0.3 is 23.9 Å². The molecular formula is C12H6N2O8. The van der Waals surface area contributed by atoms with Crippen LogP contribution in [0.15, 0.2) is 12.4 Å². The predicted octanol–water partition coefficient (Wildman–Crippen LogP) is 0.423. The van der Waals surface area contributed by atoms with Gasteiger partial charge in [-0.2, -0.15) is 0 Å². The second-order valence-corrected chi connectivity index (χ2v) is 4.01. The maximum Gasteiger partial charge on any atom is 0.355 e. The molecule has 0 radical (unpaired) electrons. The van der Waals surface area contributed by atoms with E-state index in [-0.39, 0.29) is 0 Å². The summed E-state index contributed by atoms with van der Waals surface area (Å²) in [4.78, 5) is 51.8. The number of aromatic nitrogens is 2. The van der Waals surface area contributed by atoms with E-state index in [1.807, 2.05) is 0 Å². The van der Waals surface area contributed by atoms with Gasteiger partial charge in [0.05, 0.1) is 16.6 Å². The molecular weight excluding hydrogens is 300 g/mol. The molecule has 0 fully saturated rings. The molecule has 0 aliphatic rings. The van der Waals surface area contributed by atoms with Gasteiger partial charge in [0.2, 0.25) is 0 Å². The zero-order chi connectivity index (χ0) is 16.6. The van der Waals surface area contributed by atoms with Crippen molar-refractivity contribution in [3.05, 3.63) is 34.8 Å². The summed E-state index contributed by atoms with van der Waals surface area (Å²) in [5.41, 5.74) is -3.64. The Balaban J connectivity index is 3.15. The number of carboxylic acids is 4. The molecule has 10 nitrogen and oxygen atoms in total. The lowest BCUT2D eigenvalue weighted by Crippen LogP contribution is -2.15. The fourth-order valence-electron chi connectivity index (χ4n) is 1.96. The first-order valence-electron chi connectivity index (χ1n) is 5.50. The summed E-state index contributed by atoms with van der Waals surface area (Å²) in [6, 6.07) is 0.576. The monoisotopic (exact) mass is 306 g/mol. The first-order valence-corrected chi connectivity index (χ1v) is 5.50. The average molecular weight is 306 g/mol. The normalized spacial score (nSPS) is 10.4. The van der Waals surface area contributed by atoms with Gasteiger partial charge in [-0.3, -0.25) is 0 Å². The third-order valence-corrected chi connectivity index (χ3v) is 2.79. The van der Waals surface area contributed by atoms with Crippen LogP contribution in [-0.2, 0) is 0 Å². The van der Waals surface area contributed by atoms with Crippen LogP contribution >= 0.6 is 0 Å². The van der Waals surface area contributed by atoms with E-state index in [2.05, 4.69) is 9.97 Å². The molecule has 0 saturated carbocycles. The average Bonchev–Trinajstić information content (AvgIpc) is 2.43. The lowest BCUT2D eigenvalue weighted by Gasteiger charge is -2.10. The van der Waals surface area contributed by atoms with E-state index in [0.29, 0.717) is 6.07 Å². The van der Waals surface area contributed by atoms with Gasteiger partial charge in [-0.1, -0.05) is 0 Å². The van der Waals surface area contributed by atoms with Crippen LogP contribution in [0.1, 0.15) is 41.6 Å². The lowest BCUT2D eigenvalue weighted by atomic mass is 9.96. The van der Waals surface area contributed by atoms with E-state index < -0.39 is 57.2 Å². The van der Waals surface area contributed by atoms with Gasteiger partial charge in [0.25, 0.3) is 0 Å². The Bertz CT molecular complexity index is 858. The molecule has 0 atom stereocenters. The Labute approximate surface area is 120 Å². The van der Waals surface area contributed by atoms with Gasteiger partial charge < -0.3 is 20.4 Å². The molecule has 4 N–H and O–H groups in total. The molecule has 0 unspecified atom stereocenters. The van der Waals surface area contributed by atoms with Gasteiger partial charge in [0, 0.05) is 5.39 Å². The summed E-state index contributed by atoms with van der Waals surface area (Å²) in [6.45, 7) is 0. The summed E-state index contributed by atoms with van der Waals surface area (Å²) in [5, 5.41) is 35.8. The van der Waals surface area contributed by atoms with Crippen LogP contribution in [0.2, 0.25) is 0 Å². The highest BCUT2D eigenvalue weighted by Gasteiger charge is 2.28. The highest BCUT2D eigenvalue weighted by molar-refractivity contribution is 6.18. The number of fused-ring (bicyclic) bond motifs is 1. The van der Waals surface area contributed by atoms with Crippen molar-refractivity contribution in [2.45, 2.75) is 0 Å². The summed E-state index contributed by atoms with van der Waals surface area (Å²) >= 11 is 0. The molecule has 0 saturated heterocycles. The zero-order valence-corrected chi connectivity index (χ0v) is 10.5. The Kier molecular flexibility index (Phi) is 3.43.